The highest BCUT2D eigenvalue weighted by atomic mass is 127. The second-order valence-electron chi connectivity index (χ2n) is 4.86. The molecule has 0 fully saturated rings. The lowest BCUT2D eigenvalue weighted by atomic mass is 10.2. The largest absolute Gasteiger partial charge is 0.413 e. The highest BCUT2D eigenvalue weighted by Gasteiger charge is 2.36. The van der Waals surface area contributed by atoms with Gasteiger partial charge in [-0.05, 0) is 51.2 Å². The van der Waals surface area contributed by atoms with E-state index >= 15 is 0 Å². The molecule has 0 aromatic carbocycles. The fourth-order valence-electron chi connectivity index (χ4n) is 0.581. The molecule has 78 valence electrons. The number of halogens is 1. The Morgan fingerprint density at radius 2 is 1.85 bits per heavy atom. The van der Waals surface area contributed by atoms with Crippen LogP contribution in [-0.2, 0) is 4.43 Å². The van der Waals surface area contributed by atoms with Gasteiger partial charge in [0.15, 0.2) is 8.32 Å². The first-order valence-corrected chi connectivity index (χ1v) is 8.62. The molecular formula is C10H21IOSi. The molecule has 0 N–H and O–H groups in total. The molecule has 0 rings (SSSR count). The van der Waals surface area contributed by atoms with Crippen LogP contribution in [0, 0.1) is 0 Å². The van der Waals surface area contributed by atoms with Crippen molar-refractivity contribution in [1.29, 1.82) is 0 Å². The molecule has 0 aliphatic carbocycles. The first-order chi connectivity index (χ1) is 5.67. The van der Waals surface area contributed by atoms with Gasteiger partial charge in [-0.15, -0.1) is 0 Å². The van der Waals surface area contributed by atoms with Crippen LogP contribution in [0.25, 0.3) is 0 Å². The molecular weight excluding hydrogens is 291 g/mol. The molecule has 0 spiro atoms. The van der Waals surface area contributed by atoms with Crippen LogP contribution in [0.3, 0.4) is 0 Å². The minimum Gasteiger partial charge on any atom is -0.413 e. The minimum atomic E-state index is -1.52. The Morgan fingerprint density at radius 3 is 2.15 bits per heavy atom. The van der Waals surface area contributed by atoms with Crippen LogP contribution in [0.5, 0.6) is 0 Å². The lowest BCUT2D eigenvalue weighted by molar-refractivity contribution is 0.328. The highest BCUT2D eigenvalue weighted by Crippen LogP contribution is 2.36. The Hall–Kier alpha value is 0.647. The summed E-state index contributed by atoms with van der Waals surface area (Å²) in [6, 6.07) is 0. The predicted octanol–water partition coefficient (Wildman–Crippen LogP) is 4.35. The molecule has 0 saturated heterocycles. The van der Waals surface area contributed by atoms with Gasteiger partial charge in [-0.3, -0.25) is 0 Å². The second kappa shape index (κ2) is 4.93. The fourth-order valence-corrected chi connectivity index (χ4v) is 1.69. The van der Waals surface area contributed by atoms with Crippen molar-refractivity contribution in [2.24, 2.45) is 0 Å². The van der Waals surface area contributed by atoms with Crippen LogP contribution in [-0.4, -0.2) is 14.9 Å². The monoisotopic (exact) mass is 312 g/mol. The van der Waals surface area contributed by atoms with Crippen LogP contribution < -0.4 is 0 Å². The third-order valence-corrected chi connectivity index (χ3v) is 7.56. The van der Waals surface area contributed by atoms with E-state index in [4.69, 9.17) is 4.43 Å². The SMILES string of the molecule is C/C(I)=C\CO[Si](C)(C)C(C)(C)C. The maximum absolute atomic E-state index is 5.96. The molecule has 13 heavy (non-hydrogen) atoms. The normalized spacial score (nSPS) is 14.8. The van der Waals surface area contributed by atoms with Gasteiger partial charge in [-0.1, -0.05) is 26.8 Å². The summed E-state index contributed by atoms with van der Waals surface area (Å²) in [5, 5.41) is 0.319. The molecule has 0 atom stereocenters. The molecule has 0 saturated carbocycles. The maximum atomic E-state index is 5.96. The van der Waals surface area contributed by atoms with E-state index in [0.29, 0.717) is 5.04 Å². The van der Waals surface area contributed by atoms with Crippen molar-refractivity contribution < 1.29 is 4.43 Å². The highest BCUT2D eigenvalue weighted by molar-refractivity contribution is 14.1. The van der Waals surface area contributed by atoms with Crippen LogP contribution in [0.1, 0.15) is 27.7 Å². The number of rotatable bonds is 3. The van der Waals surface area contributed by atoms with Gasteiger partial charge in [-0.25, -0.2) is 0 Å². The van der Waals surface area contributed by atoms with Crippen molar-refractivity contribution in [1.82, 2.24) is 0 Å². The van der Waals surface area contributed by atoms with Crippen molar-refractivity contribution in [3.05, 3.63) is 9.66 Å². The molecule has 0 aliphatic rings. The van der Waals surface area contributed by atoms with Crippen LogP contribution in [0.4, 0.5) is 0 Å². The second-order valence-corrected chi connectivity index (χ2v) is 11.4. The fraction of sp³-hybridized carbons (Fsp3) is 0.800. The zero-order chi connectivity index (χ0) is 10.7. The molecule has 0 radical (unpaired) electrons. The average molecular weight is 312 g/mol. The van der Waals surface area contributed by atoms with Gasteiger partial charge in [0.05, 0.1) is 6.61 Å². The van der Waals surface area contributed by atoms with E-state index < -0.39 is 8.32 Å². The van der Waals surface area contributed by atoms with Crippen molar-refractivity contribution in [3.63, 3.8) is 0 Å². The van der Waals surface area contributed by atoms with Crippen LogP contribution in [0.2, 0.25) is 18.1 Å². The summed E-state index contributed by atoms with van der Waals surface area (Å²) in [4.78, 5) is 0. The molecule has 0 unspecified atom stereocenters. The lowest BCUT2D eigenvalue weighted by Crippen LogP contribution is -2.40. The van der Waals surface area contributed by atoms with Gasteiger partial charge in [0, 0.05) is 0 Å². The smallest absolute Gasteiger partial charge is 0.192 e. The van der Waals surface area contributed by atoms with Crippen molar-refractivity contribution in [2.75, 3.05) is 6.61 Å². The van der Waals surface area contributed by atoms with Gasteiger partial charge in [0.25, 0.3) is 0 Å². The molecule has 0 bridgehead atoms. The molecule has 0 aliphatic heterocycles. The summed E-state index contributed by atoms with van der Waals surface area (Å²) in [7, 11) is -1.52. The van der Waals surface area contributed by atoms with Gasteiger partial charge in [0.1, 0.15) is 0 Å². The van der Waals surface area contributed by atoms with Gasteiger partial charge >= 0.3 is 0 Å². The quantitative estimate of drug-likeness (QED) is 0.556. The summed E-state index contributed by atoms with van der Waals surface area (Å²) in [6.07, 6.45) is 2.14. The molecule has 0 aromatic rings. The summed E-state index contributed by atoms with van der Waals surface area (Å²) in [6.45, 7) is 14.2. The number of hydrogen-bond donors (Lipinski definition) is 0. The standard InChI is InChI=1S/C10H21IOSi/c1-9(11)7-8-12-13(5,6)10(2,3)4/h7H,8H2,1-6H3/b9-7+. The Kier molecular flexibility index (Phi) is 5.18. The third kappa shape index (κ3) is 5.17. The summed E-state index contributed by atoms with van der Waals surface area (Å²) in [5.41, 5.74) is 0. The Balaban J connectivity index is 4.12. The van der Waals surface area contributed by atoms with Gasteiger partial charge < -0.3 is 4.43 Å². The zero-order valence-electron chi connectivity index (χ0n) is 9.57. The molecule has 3 heteroatoms. The van der Waals surface area contributed by atoms with Crippen molar-refractivity contribution in [3.8, 4) is 0 Å². The Labute approximate surface area is 97.2 Å². The van der Waals surface area contributed by atoms with E-state index in [0.717, 1.165) is 6.61 Å². The Bertz CT molecular complexity index is 188. The summed E-state index contributed by atoms with van der Waals surface area (Å²) < 4.78 is 7.26. The van der Waals surface area contributed by atoms with Crippen LogP contribution >= 0.6 is 22.6 Å². The average Bonchev–Trinajstić information content (AvgIpc) is 1.82. The van der Waals surface area contributed by atoms with E-state index in [1.165, 1.54) is 3.58 Å². The van der Waals surface area contributed by atoms with Gasteiger partial charge in [-0.2, -0.15) is 0 Å². The molecule has 0 aromatic heterocycles. The Morgan fingerprint density at radius 1 is 1.38 bits per heavy atom. The third-order valence-electron chi connectivity index (χ3n) is 2.61. The van der Waals surface area contributed by atoms with E-state index in [1.807, 2.05) is 0 Å². The van der Waals surface area contributed by atoms with Crippen LogP contribution in [0.15, 0.2) is 9.66 Å². The lowest BCUT2D eigenvalue weighted by Gasteiger charge is -2.35. The van der Waals surface area contributed by atoms with Gasteiger partial charge in [0.2, 0.25) is 0 Å². The maximum Gasteiger partial charge on any atom is 0.192 e. The molecule has 1 nitrogen and oxygen atoms in total. The molecule has 0 heterocycles. The van der Waals surface area contributed by atoms with Crippen molar-refractivity contribution >= 4 is 30.9 Å². The minimum absolute atomic E-state index is 0.319. The first kappa shape index (κ1) is 13.6. The van der Waals surface area contributed by atoms with E-state index in [-0.39, 0.29) is 0 Å². The molecule has 0 amide bonds. The predicted molar refractivity (Wildman–Crippen MR) is 70.9 cm³/mol. The van der Waals surface area contributed by atoms with E-state index in [9.17, 15) is 0 Å². The zero-order valence-corrected chi connectivity index (χ0v) is 12.7. The van der Waals surface area contributed by atoms with E-state index in [2.05, 4.69) is 69.5 Å². The van der Waals surface area contributed by atoms with Crippen molar-refractivity contribution in [2.45, 2.75) is 45.8 Å². The number of allylic oxidation sites excluding steroid dienone is 1. The summed E-state index contributed by atoms with van der Waals surface area (Å²) >= 11 is 2.31. The van der Waals surface area contributed by atoms with E-state index in [1.54, 1.807) is 0 Å². The first-order valence-electron chi connectivity index (χ1n) is 4.63. The topological polar surface area (TPSA) is 9.23 Å². The number of hydrogen-bond acceptors (Lipinski definition) is 1. The summed E-state index contributed by atoms with van der Waals surface area (Å²) in [5.74, 6) is 0.